The van der Waals surface area contributed by atoms with E-state index in [2.05, 4.69) is 15.9 Å². The van der Waals surface area contributed by atoms with Crippen molar-refractivity contribution in [2.45, 2.75) is 38.7 Å². The van der Waals surface area contributed by atoms with E-state index < -0.39 is 23.7 Å². The van der Waals surface area contributed by atoms with E-state index in [4.69, 9.17) is 14.2 Å². The van der Waals surface area contributed by atoms with E-state index in [1.807, 2.05) is 0 Å². The second-order valence-electron chi connectivity index (χ2n) is 7.05. The van der Waals surface area contributed by atoms with E-state index in [9.17, 15) is 14.0 Å². The largest absolute Gasteiger partial charge is 0.463 e. The second-order valence-corrected chi connectivity index (χ2v) is 7.90. The number of nitrogens with zero attached hydrogens (tertiary/aromatic N) is 1. The molecule has 1 aromatic carbocycles. The highest BCUT2D eigenvalue weighted by Gasteiger charge is 2.36. The van der Waals surface area contributed by atoms with Gasteiger partial charge in [0.05, 0.1) is 40.9 Å². The fraction of sp³-hybridized carbons (Fsp3) is 0.455. The monoisotopic (exact) mass is 481 g/mol. The van der Waals surface area contributed by atoms with Gasteiger partial charge in [0.25, 0.3) is 0 Å². The van der Waals surface area contributed by atoms with Gasteiger partial charge in [0, 0.05) is 25.6 Å². The molecule has 1 atom stereocenters. The first kappa shape index (κ1) is 22.5. The van der Waals surface area contributed by atoms with Gasteiger partial charge in [-0.2, -0.15) is 0 Å². The molecular formula is C22H25BrFNO5. The van der Waals surface area contributed by atoms with Crippen molar-refractivity contribution in [1.82, 2.24) is 4.90 Å². The van der Waals surface area contributed by atoms with Gasteiger partial charge in [0.2, 0.25) is 0 Å². The lowest BCUT2D eigenvalue weighted by molar-refractivity contribution is -0.139. The molecule has 0 amide bonds. The number of carbonyl (C=O) groups is 2. The summed E-state index contributed by atoms with van der Waals surface area (Å²) in [6.45, 7) is 5.04. The van der Waals surface area contributed by atoms with Crippen molar-refractivity contribution in [3.8, 4) is 0 Å². The third kappa shape index (κ3) is 5.10. The topological polar surface area (TPSA) is 65.1 Å². The highest BCUT2D eigenvalue weighted by Crippen LogP contribution is 2.38. The zero-order chi connectivity index (χ0) is 21.7. The van der Waals surface area contributed by atoms with Gasteiger partial charge in [-0.3, -0.25) is 0 Å². The Hall–Kier alpha value is -2.19. The lowest BCUT2D eigenvalue weighted by atomic mass is 9.83. The summed E-state index contributed by atoms with van der Waals surface area (Å²) in [5.74, 6) is -2.23. The zero-order valence-electron chi connectivity index (χ0n) is 17.0. The van der Waals surface area contributed by atoms with E-state index in [1.165, 1.54) is 6.07 Å². The van der Waals surface area contributed by atoms with Crippen molar-refractivity contribution in [2.24, 2.45) is 0 Å². The summed E-state index contributed by atoms with van der Waals surface area (Å²) < 4.78 is 30.3. The summed E-state index contributed by atoms with van der Waals surface area (Å²) in [6, 6.07) is 4.42. The minimum absolute atomic E-state index is 0.0147. The van der Waals surface area contributed by atoms with Crippen LogP contribution in [0.5, 0.6) is 0 Å². The van der Waals surface area contributed by atoms with E-state index >= 15 is 0 Å². The van der Waals surface area contributed by atoms with Gasteiger partial charge in [-0.1, -0.05) is 6.07 Å². The maximum atomic E-state index is 13.8. The van der Waals surface area contributed by atoms with E-state index in [0.717, 1.165) is 12.8 Å². The summed E-state index contributed by atoms with van der Waals surface area (Å²) in [5.41, 5.74) is 1.16. The normalized spacial score (nSPS) is 19.3. The lowest BCUT2D eigenvalue weighted by Crippen LogP contribution is -2.32. The molecule has 3 rings (SSSR count). The Morgan fingerprint density at radius 2 is 1.80 bits per heavy atom. The predicted molar refractivity (Wildman–Crippen MR) is 112 cm³/mol. The fourth-order valence-electron chi connectivity index (χ4n) is 3.66. The summed E-state index contributed by atoms with van der Waals surface area (Å²) in [7, 11) is 0. The molecule has 0 radical (unpaired) electrons. The number of esters is 2. The van der Waals surface area contributed by atoms with Crippen LogP contribution in [0.25, 0.3) is 0 Å². The average molecular weight is 482 g/mol. The fourth-order valence-corrected chi connectivity index (χ4v) is 4.06. The summed E-state index contributed by atoms with van der Waals surface area (Å²) in [5, 5.41) is 0. The van der Waals surface area contributed by atoms with Crippen LogP contribution >= 0.6 is 15.9 Å². The van der Waals surface area contributed by atoms with Crippen molar-refractivity contribution in [3.63, 3.8) is 0 Å². The summed E-state index contributed by atoms with van der Waals surface area (Å²) >= 11 is 3.19. The highest BCUT2D eigenvalue weighted by molar-refractivity contribution is 9.10. The molecule has 0 N–H and O–H groups in total. The van der Waals surface area contributed by atoms with Crippen LogP contribution in [0.2, 0.25) is 0 Å². The molecule has 0 unspecified atom stereocenters. The molecule has 30 heavy (non-hydrogen) atoms. The number of hydrogen-bond donors (Lipinski definition) is 0. The third-order valence-electron chi connectivity index (χ3n) is 4.97. The first-order valence-corrected chi connectivity index (χ1v) is 10.8. The van der Waals surface area contributed by atoms with Crippen LogP contribution in [-0.4, -0.2) is 49.3 Å². The molecule has 0 aliphatic carbocycles. The van der Waals surface area contributed by atoms with Crippen molar-refractivity contribution >= 4 is 27.9 Å². The second kappa shape index (κ2) is 10.2. The summed E-state index contributed by atoms with van der Waals surface area (Å²) in [6.07, 6.45) is 5.28. The number of carbonyl (C=O) groups excluding carboxylic acids is 2. The van der Waals surface area contributed by atoms with E-state index in [-0.39, 0.29) is 23.8 Å². The zero-order valence-corrected chi connectivity index (χ0v) is 18.6. The van der Waals surface area contributed by atoms with Crippen molar-refractivity contribution in [1.29, 1.82) is 0 Å². The number of rotatable bonds is 7. The van der Waals surface area contributed by atoms with Crippen LogP contribution in [0.3, 0.4) is 0 Å². The molecule has 0 bridgehead atoms. The Bertz CT molecular complexity index is 827. The Morgan fingerprint density at radius 1 is 1.17 bits per heavy atom. The van der Waals surface area contributed by atoms with Crippen LogP contribution in [0, 0.1) is 5.82 Å². The quantitative estimate of drug-likeness (QED) is 0.547. The van der Waals surface area contributed by atoms with Gasteiger partial charge in [-0.05, 0) is 60.3 Å². The molecule has 1 fully saturated rings. The molecule has 2 aliphatic rings. The van der Waals surface area contributed by atoms with Crippen LogP contribution in [0.1, 0.15) is 38.2 Å². The van der Waals surface area contributed by atoms with Gasteiger partial charge >= 0.3 is 11.9 Å². The highest BCUT2D eigenvalue weighted by atomic mass is 79.9. The minimum atomic E-state index is -0.735. The summed E-state index contributed by atoms with van der Waals surface area (Å²) in [4.78, 5) is 27.4. The smallest absolute Gasteiger partial charge is 0.336 e. The molecule has 0 spiro atoms. The molecule has 2 heterocycles. The number of benzene rings is 1. The average Bonchev–Trinajstić information content (AvgIpc) is 3.23. The molecule has 1 saturated heterocycles. The van der Waals surface area contributed by atoms with Crippen molar-refractivity contribution in [3.05, 3.63) is 57.6 Å². The molecular weight excluding hydrogens is 457 g/mol. The number of ether oxygens (including phenoxy) is 3. The van der Waals surface area contributed by atoms with E-state index in [1.54, 1.807) is 43.3 Å². The molecule has 1 aromatic rings. The Morgan fingerprint density at radius 3 is 2.30 bits per heavy atom. The van der Waals surface area contributed by atoms with Crippen LogP contribution < -0.4 is 0 Å². The maximum absolute atomic E-state index is 13.8. The standard InChI is InChI=1S/C22H25BrFNO5/c1-3-28-21(26)16-12-25(11-15-6-5-9-30-15)13-17(22(27)29-4-2)20(16)14-7-8-19(24)18(23)10-14/h7-8,10,12-13,15,20H,3-6,9,11H2,1-2H3/t15-/m0/s1. The predicted octanol–water partition coefficient (Wildman–Crippen LogP) is 4.06. The third-order valence-corrected chi connectivity index (χ3v) is 5.58. The first-order chi connectivity index (χ1) is 14.4. The first-order valence-electron chi connectivity index (χ1n) is 10.0. The Balaban J connectivity index is 2.05. The van der Waals surface area contributed by atoms with Gasteiger partial charge in [-0.15, -0.1) is 0 Å². The molecule has 162 valence electrons. The maximum Gasteiger partial charge on any atom is 0.336 e. The van der Waals surface area contributed by atoms with Gasteiger partial charge in [-0.25, -0.2) is 14.0 Å². The van der Waals surface area contributed by atoms with Crippen LogP contribution in [0.4, 0.5) is 4.39 Å². The SMILES string of the molecule is CCOC(=O)C1=CN(C[C@@H]2CCCO2)C=C(C(=O)OCC)C1c1ccc(F)c(Br)c1. The molecule has 0 saturated carbocycles. The van der Waals surface area contributed by atoms with Gasteiger partial charge in [0.1, 0.15) is 5.82 Å². The number of hydrogen-bond acceptors (Lipinski definition) is 6. The lowest BCUT2D eigenvalue weighted by Gasteiger charge is -2.31. The Labute approximate surface area is 183 Å². The number of halogens is 2. The molecule has 8 heteroatoms. The molecule has 2 aliphatic heterocycles. The Kier molecular flexibility index (Phi) is 7.66. The van der Waals surface area contributed by atoms with E-state index in [0.29, 0.717) is 29.9 Å². The van der Waals surface area contributed by atoms with Gasteiger partial charge in [0.15, 0.2) is 0 Å². The van der Waals surface area contributed by atoms with Crippen LogP contribution in [0.15, 0.2) is 46.2 Å². The van der Waals surface area contributed by atoms with Crippen LogP contribution in [-0.2, 0) is 23.8 Å². The molecule has 0 aromatic heterocycles. The molecule has 6 nitrogen and oxygen atoms in total. The minimum Gasteiger partial charge on any atom is -0.463 e. The van der Waals surface area contributed by atoms with Crippen molar-refractivity contribution in [2.75, 3.05) is 26.4 Å². The van der Waals surface area contributed by atoms with Gasteiger partial charge < -0.3 is 19.1 Å². The van der Waals surface area contributed by atoms with Crippen molar-refractivity contribution < 1.29 is 28.2 Å².